The van der Waals surface area contributed by atoms with E-state index in [0.29, 0.717) is 11.4 Å². The van der Waals surface area contributed by atoms with Gasteiger partial charge in [-0.25, -0.2) is 13.4 Å². The summed E-state index contributed by atoms with van der Waals surface area (Å²) in [6, 6.07) is 9.30. The van der Waals surface area contributed by atoms with Crippen molar-refractivity contribution in [3.63, 3.8) is 0 Å². The Morgan fingerprint density at radius 1 is 1.17 bits per heavy atom. The minimum atomic E-state index is -3.56. The van der Waals surface area contributed by atoms with Crippen molar-refractivity contribution in [2.45, 2.75) is 31.7 Å². The van der Waals surface area contributed by atoms with Gasteiger partial charge in [-0.1, -0.05) is 0 Å². The number of amides is 1. The van der Waals surface area contributed by atoms with Crippen LogP contribution in [0.5, 0.6) is 0 Å². The topological polar surface area (TPSA) is 79.4 Å². The van der Waals surface area contributed by atoms with Gasteiger partial charge in [0.1, 0.15) is 5.82 Å². The van der Waals surface area contributed by atoms with E-state index in [0.717, 1.165) is 5.56 Å². The Morgan fingerprint density at radius 2 is 1.79 bits per heavy atom. The Hall–Kier alpha value is -2.25. The van der Waals surface area contributed by atoms with Crippen molar-refractivity contribution >= 4 is 21.7 Å². The van der Waals surface area contributed by atoms with E-state index >= 15 is 0 Å². The average Bonchev–Trinajstić information content (AvgIpc) is 2.54. The van der Waals surface area contributed by atoms with Crippen LogP contribution in [-0.2, 0) is 10.0 Å². The van der Waals surface area contributed by atoms with Gasteiger partial charge in [0.05, 0.1) is 4.90 Å². The van der Waals surface area contributed by atoms with Crippen LogP contribution in [0.15, 0.2) is 47.5 Å². The lowest BCUT2D eigenvalue weighted by molar-refractivity contribution is 0.102. The average molecular weight is 347 g/mol. The zero-order valence-corrected chi connectivity index (χ0v) is 15.0. The number of rotatable bonds is 5. The zero-order chi connectivity index (χ0) is 17.9. The second-order valence-electron chi connectivity index (χ2n) is 5.81. The molecular weight excluding hydrogens is 326 g/mol. The molecule has 0 aliphatic heterocycles. The molecule has 0 spiro atoms. The molecule has 0 unspecified atom stereocenters. The van der Waals surface area contributed by atoms with Gasteiger partial charge in [-0.3, -0.25) is 4.79 Å². The SMILES string of the molecule is Cc1ccnc(NC(=O)c2ccc(S(=O)(=O)N(C)C(C)C)cc2)c1. The van der Waals surface area contributed by atoms with Gasteiger partial charge in [-0.15, -0.1) is 0 Å². The quantitative estimate of drug-likeness (QED) is 0.902. The summed E-state index contributed by atoms with van der Waals surface area (Å²) in [5, 5.41) is 2.69. The Morgan fingerprint density at radius 3 is 2.33 bits per heavy atom. The Labute approximate surface area is 142 Å². The van der Waals surface area contributed by atoms with Crippen LogP contribution in [0.3, 0.4) is 0 Å². The first kappa shape index (κ1) is 18.1. The van der Waals surface area contributed by atoms with Crippen molar-refractivity contribution in [1.29, 1.82) is 0 Å². The molecule has 0 radical (unpaired) electrons. The highest BCUT2D eigenvalue weighted by Crippen LogP contribution is 2.17. The van der Waals surface area contributed by atoms with E-state index in [-0.39, 0.29) is 16.8 Å². The highest BCUT2D eigenvalue weighted by molar-refractivity contribution is 7.89. The molecule has 128 valence electrons. The molecule has 1 N–H and O–H groups in total. The van der Waals surface area contributed by atoms with Crippen molar-refractivity contribution in [1.82, 2.24) is 9.29 Å². The van der Waals surface area contributed by atoms with E-state index in [2.05, 4.69) is 10.3 Å². The summed E-state index contributed by atoms with van der Waals surface area (Å²) in [7, 11) is -2.02. The molecule has 24 heavy (non-hydrogen) atoms. The fourth-order valence-electron chi connectivity index (χ4n) is 2.02. The number of benzene rings is 1. The molecule has 1 heterocycles. The summed E-state index contributed by atoms with van der Waals surface area (Å²) in [6.45, 7) is 5.50. The third-order valence-corrected chi connectivity index (χ3v) is 5.73. The van der Waals surface area contributed by atoms with Crippen LogP contribution in [0.2, 0.25) is 0 Å². The Balaban J connectivity index is 2.19. The van der Waals surface area contributed by atoms with E-state index < -0.39 is 10.0 Å². The number of nitrogens with one attached hydrogen (secondary N) is 1. The van der Waals surface area contributed by atoms with Gasteiger partial charge in [-0.05, 0) is 62.7 Å². The maximum Gasteiger partial charge on any atom is 0.256 e. The Bertz CT molecular complexity index is 830. The van der Waals surface area contributed by atoms with Crippen molar-refractivity contribution < 1.29 is 13.2 Å². The lowest BCUT2D eigenvalue weighted by atomic mass is 10.2. The first-order valence-corrected chi connectivity index (χ1v) is 8.98. The normalized spacial score (nSPS) is 11.8. The van der Waals surface area contributed by atoms with Crippen LogP contribution in [0.4, 0.5) is 5.82 Å². The van der Waals surface area contributed by atoms with E-state index in [4.69, 9.17) is 0 Å². The van der Waals surface area contributed by atoms with Crippen LogP contribution >= 0.6 is 0 Å². The maximum absolute atomic E-state index is 12.4. The fraction of sp³-hybridized carbons (Fsp3) is 0.294. The van der Waals surface area contributed by atoms with Crippen molar-refractivity contribution in [2.75, 3.05) is 12.4 Å². The van der Waals surface area contributed by atoms with Gasteiger partial charge in [0, 0.05) is 24.8 Å². The monoisotopic (exact) mass is 347 g/mol. The van der Waals surface area contributed by atoms with Crippen LogP contribution in [0, 0.1) is 6.92 Å². The number of hydrogen-bond donors (Lipinski definition) is 1. The van der Waals surface area contributed by atoms with Gasteiger partial charge in [0.2, 0.25) is 10.0 Å². The lowest BCUT2D eigenvalue weighted by Gasteiger charge is -2.21. The van der Waals surface area contributed by atoms with Gasteiger partial charge in [0.15, 0.2) is 0 Å². The highest BCUT2D eigenvalue weighted by atomic mass is 32.2. The zero-order valence-electron chi connectivity index (χ0n) is 14.1. The highest BCUT2D eigenvalue weighted by Gasteiger charge is 2.23. The third-order valence-electron chi connectivity index (χ3n) is 3.68. The van der Waals surface area contributed by atoms with E-state index in [9.17, 15) is 13.2 Å². The minimum absolute atomic E-state index is 0.148. The summed E-state index contributed by atoms with van der Waals surface area (Å²) in [6.07, 6.45) is 1.61. The predicted molar refractivity (Wildman–Crippen MR) is 93.5 cm³/mol. The van der Waals surface area contributed by atoms with Gasteiger partial charge >= 0.3 is 0 Å². The molecule has 0 bridgehead atoms. The van der Waals surface area contributed by atoms with Crippen molar-refractivity contribution in [3.8, 4) is 0 Å². The molecule has 2 rings (SSSR count). The molecule has 7 heteroatoms. The predicted octanol–water partition coefficient (Wildman–Crippen LogP) is 2.67. The van der Waals surface area contributed by atoms with Crippen LogP contribution in [0.1, 0.15) is 29.8 Å². The number of carbonyl (C=O) groups is 1. The van der Waals surface area contributed by atoms with Crippen LogP contribution in [-0.4, -0.2) is 36.7 Å². The van der Waals surface area contributed by atoms with Crippen LogP contribution < -0.4 is 5.32 Å². The molecule has 1 aromatic carbocycles. The minimum Gasteiger partial charge on any atom is -0.307 e. The molecule has 1 amide bonds. The molecule has 0 aliphatic rings. The summed E-state index contributed by atoms with van der Waals surface area (Å²) >= 11 is 0. The van der Waals surface area contributed by atoms with E-state index in [1.54, 1.807) is 26.1 Å². The van der Waals surface area contributed by atoms with Crippen molar-refractivity contribution in [2.24, 2.45) is 0 Å². The van der Waals surface area contributed by atoms with E-state index in [1.165, 1.54) is 35.6 Å². The van der Waals surface area contributed by atoms with Gasteiger partial charge in [-0.2, -0.15) is 4.31 Å². The van der Waals surface area contributed by atoms with Crippen LogP contribution in [0.25, 0.3) is 0 Å². The maximum atomic E-state index is 12.4. The first-order chi connectivity index (χ1) is 11.2. The molecular formula is C17H21N3O3S. The number of carbonyl (C=O) groups excluding carboxylic acids is 1. The molecule has 0 atom stereocenters. The number of sulfonamides is 1. The van der Waals surface area contributed by atoms with Gasteiger partial charge in [0.25, 0.3) is 5.91 Å². The third kappa shape index (κ3) is 3.98. The first-order valence-electron chi connectivity index (χ1n) is 7.54. The number of nitrogens with zero attached hydrogens (tertiary/aromatic N) is 2. The van der Waals surface area contributed by atoms with Crippen molar-refractivity contribution in [3.05, 3.63) is 53.7 Å². The number of pyridine rings is 1. The van der Waals surface area contributed by atoms with E-state index in [1.807, 2.05) is 13.0 Å². The number of anilines is 1. The molecule has 6 nitrogen and oxygen atoms in total. The summed E-state index contributed by atoms with van der Waals surface area (Å²) in [5.74, 6) is 0.116. The van der Waals surface area contributed by atoms with Gasteiger partial charge < -0.3 is 5.32 Å². The molecule has 2 aromatic rings. The molecule has 0 aliphatic carbocycles. The molecule has 1 aromatic heterocycles. The second kappa shape index (κ2) is 7.11. The molecule has 0 saturated heterocycles. The summed E-state index contributed by atoms with van der Waals surface area (Å²) in [4.78, 5) is 16.4. The number of hydrogen-bond acceptors (Lipinski definition) is 4. The molecule has 0 fully saturated rings. The number of aromatic nitrogens is 1. The summed E-state index contributed by atoms with van der Waals surface area (Å²) in [5.41, 5.74) is 1.35. The summed E-state index contributed by atoms with van der Waals surface area (Å²) < 4.78 is 26.1. The number of aryl methyl sites for hydroxylation is 1. The smallest absolute Gasteiger partial charge is 0.256 e. The fourth-order valence-corrected chi connectivity index (χ4v) is 3.38. The second-order valence-corrected chi connectivity index (χ2v) is 7.81. The molecule has 0 saturated carbocycles. The standard InChI is InChI=1S/C17H21N3O3S/c1-12(2)20(4)24(22,23)15-7-5-14(6-8-15)17(21)19-16-11-13(3)9-10-18-16/h5-12H,1-4H3,(H,18,19,21). The largest absolute Gasteiger partial charge is 0.307 e. The Kier molecular flexibility index (Phi) is 5.36. The lowest BCUT2D eigenvalue weighted by Crippen LogP contribution is -2.33.